The predicted octanol–water partition coefficient (Wildman–Crippen LogP) is 2.67. The minimum Gasteiger partial charge on any atom is -0.312 e. The third-order valence-electron chi connectivity index (χ3n) is 2.44. The third kappa shape index (κ3) is 4.47. The molecule has 1 aromatic heterocycles. The van der Waals surface area contributed by atoms with Gasteiger partial charge in [0.15, 0.2) is 5.16 Å². The zero-order valence-electron chi connectivity index (χ0n) is 10.5. The van der Waals surface area contributed by atoms with E-state index < -0.39 is 0 Å². The topological polar surface area (TPSA) is 37.8 Å². The fourth-order valence-electron chi connectivity index (χ4n) is 1.50. The van der Waals surface area contributed by atoms with Gasteiger partial charge in [0, 0.05) is 31.2 Å². The Balaban J connectivity index is 1.63. The Hall–Kier alpha value is -1.39. The summed E-state index contributed by atoms with van der Waals surface area (Å²) in [5.74, 6) is 0.982. The Morgan fingerprint density at radius 2 is 1.83 bits per heavy atom. The van der Waals surface area contributed by atoms with Crippen molar-refractivity contribution in [2.45, 2.75) is 18.6 Å². The van der Waals surface area contributed by atoms with E-state index in [9.17, 15) is 0 Å². The van der Waals surface area contributed by atoms with Crippen LogP contribution >= 0.6 is 11.8 Å². The second-order valence-corrected chi connectivity index (χ2v) is 5.12. The van der Waals surface area contributed by atoms with Crippen molar-refractivity contribution < 1.29 is 0 Å². The summed E-state index contributed by atoms with van der Waals surface area (Å²) in [7, 11) is 0. The molecule has 0 saturated carbocycles. The second-order valence-electron chi connectivity index (χ2n) is 4.05. The minimum absolute atomic E-state index is 0.849. The van der Waals surface area contributed by atoms with Crippen molar-refractivity contribution in [3.8, 4) is 0 Å². The quantitative estimate of drug-likeness (QED) is 0.492. The largest absolute Gasteiger partial charge is 0.312 e. The van der Waals surface area contributed by atoms with E-state index in [2.05, 4.69) is 39.6 Å². The molecule has 0 aliphatic heterocycles. The smallest absolute Gasteiger partial charge is 0.187 e. The van der Waals surface area contributed by atoms with Crippen LogP contribution in [-0.2, 0) is 6.54 Å². The van der Waals surface area contributed by atoms with Gasteiger partial charge in [0.1, 0.15) is 0 Å². The summed E-state index contributed by atoms with van der Waals surface area (Å²) < 4.78 is 0. The van der Waals surface area contributed by atoms with Crippen molar-refractivity contribution >= 4 is 11.8 Å². The normalized spacial score (nSPS) is 10.5. The van der Waals surface area contributed by atoms with Crippen molar-refractivity contribution in [2.75, 3.05) is 12.3 Å². The summed E-state index contributed by atoms with van der Waals surface area (Å²) in [6, 6.07) is 10.4. The SMILES string of the molecule is Cc1cnc(SCCNCc2ccccc2)nc1. The van der Waals surface area contributed by atoms with Gasteiger partial charge in [-0.3, -0.25) is 0 Å². The second kappa shape index (κ2) is 7.13. The van der Waals surface area contributed by atoms with E-state index in [1.54, 1.807) is 11.8 Å². The van der Waals surface area contributed by atoms with Crippen molar-refractivity contribution in [2.24, 2.45) is 0 Å². The van der Waals surface area contributed by atoms with E-state index in [4.69, 9.17) is 0 Å². The van der Waals surface area contributed by atoms with E-state index in [0.717, 1.165) is 29.6 Å². The van der Waals surface area contributed by atoms with Gasteiger partial charge in [0.2, 0.25) is 0 Å². The molecule has 3 nitrogen and oxygen atoms in total. The monoisotopic (exact) mass is 259 g/mol. The molecule has 0 radical (unpaired) electrons. The Morgan fingerprint density at radius 1 is 1.11 bits per heavy atom. The number of nitrogens with one attached hydrogen (secondary N) is 1. The molecule has 0 bridgehead atoms. The summed E-state index contributed by atoms with van der Waals surface area (Å²) in [6.45, 7) is 3.86. The summed E-state index contributed by atoms with van der Waals surface area (Å²) in [5, 5.41) is 4.26. The summed E-state index contributed by atoms with van der Waals surface area (Å²) in [5.41, 5.74) is 2.41. The van der Waals surface area contributed by atoms with Gasteiger partial charge in [-0.05, 0) is 18.1 Å². The molecule has 2 aromatic rings. The molecule has 1 N–H and O–H groups in total. The van der Waals surface area contributed by atoms with Crippen LogP contribution in [-0.4, -0.2) is 22.3 Å². The third-order valence-corrected chi connectivity index (χ3v) is 3.32. The van der Waals surface area contributed by atoms with Gasteiger partial charge < -0.3 is 5.32 Å². The summed E-state index contributed by atoms with van der Waals surface area (Å²) >= 11 is 1.68. The summed E-state index contributed by atoms with van der Waals surface area (Å²) in [6.07, 6.45) is 3.71. The molecule has 0 aliphatic rings. The highest BCUT2D eigenvalue weighted by molar-refractivity contribution is 7.99. The Kier molecular flexibility index (Phi) is 5.17. The molecule has 1 aromatic carbocycles. The van der Waals surface area contributed by atoms with Crippen LogP contribution in [0.2, 0.25) is 0 Å². The number of rotatable bonds is 6. The number of aryl methyl sites for hydroxylation is 1. The zero-order valence-corrected chi connectivity index (χ0v) is 11.3. The molecule has 18 heavy (non-hydrogen) atoms. The highest BCUT2D eigenvalue weighted by Gasteiger charge is 1.96. The van der Waals surface area contributed by atoms with Crippen LogP contribution in [0.5, 0.6) is 0 Å². The van der Waals surface area contributed by atoms with Crippen molar-refractivity contribution in [3.05, 3.63) is 53.9 Å². The molecule has 0 saturated heterocycles. The average molecular weight is 259 g/mol. The van der Waals surface area contributed by atoms with Gasteiger partial charge in [-0.15, -0.1) is 0 Å². The fraction of sp³-hybridized carbons (Fsp3) is 0.286. The number of thioether (sulfide) groups is 1. The fourth-order valence-corrected chi connectivity index (χ4v) is 2.18. The maximum atomic E-state index is 4.26. The number of benzene rings is 1. The van der Waals surface area contributed by atoms with Crippen LogP contribution in [0.4, 0.5) is 0 Å². The van der Waals surface area contributed by atoms with E-state index in [1.165, 1.54) is 5.56 Å². The molecular formula is C14H17N3S. The van der Waals surface area contributed by atoms with Crippen LogP contribution in [0.15, 0.2) is 47.9 Å². The van der Waals surface area contributed by atoms with Gasteiger partial charge in [-0.25, -0.2) is 9.97 Å². The number of aromatic nitrogens is 2. The Morgan fingerprint density at radius 3 is 2.56 bits per heavy atom. The van der Waals surface area contributed by atoms with Gasteiger partial charge >= 0.3 is 0 Å². The minimum atomic E-state index is 0.849. The maximum Gasteiger partial charge on any atom is 0.187 e. The zero-order chi connectivity index (χ0) is 12.6. The molecule has 94 valence electrons. The molecule has 0 spiro atoms. The van der Waals surface area contributed by atoms with Crippen LogP contribution < -0.4 is 5.32 Å². The molecule has 0 unspecified atom stereocenters. The summed E-state index contributed by atoms with van der Waals surface area (Å²) in [4.78, 5) is 8.52. The first-order valence-corrected chi connectivity index (χ1v) is 6.99. The Bertz CT molecular complexity index is 456. The molecule has 2 rings (SSSR count). The molecule has 0 atom stereocenters. The van der Waals surface area contributed by atoms with Crippen LogP contribution in [0, 0.1) is 6.92 Å². The highest BCUT2D eigenvalue weighted by Crippen LogP contribution is 2.10. The lowest BCUT2D eigenvalue weighted by molar-refractivity contribution is 0.731. The van der Waals surface area contributed by atoms with E-state index in [-0.39, 0.29) is 0 Å². The highest BCUT2D eigenvalue weighted by atomic mass is 32.2. The van der Waals surface area contributed by atoms with E-state index >= 15 is 0 Å². The van der Waals surface area contributed by atoms with E-state index in [1.807, 2.05) is 25.4 Å². The van der Waals surface area contributed by atoms with Crippen LogP contribution in [0.1, 0.15) is 11.1 Å². The molecule has 0 aliphatic carbocycles. The van der Waals surface area contributed by atoms with Gasteiger partial charge in [0.05, 0.1) is 0 Å². The van der Waals surface area contributed by atoms with Crippen LogP contribution in [0.25, 0.3) is 0 Å². The number of nitrogens with zero attached hydrogens (tertiary/aromatic N) is 2. The maximum absolute atomic E-state index is 4.26. The lowest BCUT2D eigenvalue weighted by atomic mass is 10.2. The van der Waals surface area contributed by atoms with Crippen molar-refractivity contribution in [1.82, 2.24) is 15.3 Å². The molecular weight excluding hydrogens is 242 g/mol. The predicted molar refractivity (Wildman–Crippen MR) is 75.6 cm³/mol. The first kappa shape index (κ1) is 13.1. The lowest BCUT2D eigenvalue weighted by Crippen LogP contribution is -2.16. The van der Waals surface area contributed by atoms with Gasteiger partial charge in [-0.1, -0.05) is 42.1 Å². The molecule has 0 amide bonds. The molecule has 0 fully saturated rings. The van der Waals surface area contributed by atoms with Crippen LogP contribution in [0.3, 0.4) is 0 Å². The number of hydrogen-bond acceptors (Lipinski definition) is 4. The first-order valence-electron chi connectivity index (χ1n) is 6.01. The van der Waals surface area contributed by atoms with Gasteiger partial charge in [0.25, 0.3) is 0 Å². The van der Waals surface area contributed by atoms with Crippen molar-refractivity contribution in [1.29, 1.82) is 0 Å². The molecule has 1 heterocycles. The first-order chi connectivity index (χ1) is 8.84. The molecule has 4 heteroatoms. The average Bonchev–Trinajstić information content (AvgIpc) is 2.42. The number of hydrogen-bond donors (Lipinski definition) is 1. The van der Waals surface area contributed by atoms with Crippen molar-refractivity contribution in [3.63, 3.8) is 0 Å². The standard InChI is InChI=1S/C14H17N3S/c1-12-9-16-14(17-10-12)18-8-7-15-11-13-5-3-2-4-6-13/h2-6,9-10,15H,7-8,11H2,1H3. The van der Waals surface area contributed by atoms with E-state index in [0.29, 0.717) is 0 Å². The Labute approximate surface area is 112 Å². The lowest BCUT2D eigenvalue weighted by Gasteiger charge is -2.04. The van der Waals surface area contributed by atoms with Gasteiger partial charge in [-0.2, -0.15) is 0 Å².